The number of nitro benzene ring substituents is 1. The van der Waals surface area contributed by atoms with E-state index < -0.39 is 10.7 Å². The van der Waals surface area contributed by atoms with E-state index in [1.54, 1.807) is 4.90 Å². The number of carbonyl (C=O) groups is 1. The van der Waals surface area contributed by atoms with Gasteiger partial charge in [0.25, 0.3) is 5.69 Å². The minimum Gasteiger partial charge on any atom is -0.445 e. The van der Waals surface area contributed by atoms with Crippen molar-refractivity contribution in [2.24, 2.45) is 5.92 Å². The van der Waals surface area contributed by atoms with Gasteiger partial charge in [-0.1, -0.05) is 30.3 Å². The van der Waals surface area contributed by atoms with Crippen LogP contribution in [0.4, 0.5) is 20.6 Å². The first kappa shape index (κ1) is 23.0. The first-order valence-corrected chi connectivity index (χ1v) is 11.4. The van der Waals surface area contributed by atoms with Crippen molar-refractivity contribution in [2.75, 3.05) is 50.7 Å². The Hall–Kier alpha value is -3.20. The third-order valence-corrected chi connectivity index (χ3v) is 6.45. The van der Waals surface area contributed by atoms with E-state index in [-0.39, 0.29) is 11.8 Å². The standard InChI is InChI=1S/C24H29FN4O4/c25-22-16-21(29(31)32)6-7-23(22)27-14-12-26(13-15-27)17-19-8-10-28(11-9-19)24(30)33-18-20-4-2-1-3-5-20/h1-7,16,19H,8-15,17-18H2. The zero-order chi connectivity index (χ0) is 23.2. The van der Waals surface area contributed by atoms with Gasteiger partial charge < -0.3 is 14.5 Å². The summed E-state index contributed by atoms with van der Waals surface area (Å²) in [6.45, 7) is 5.64. The summed E-state index contributed by atoms with van der Waals surface area (Å²) in [5.74, 6) is -0.0324. The Labute approximate surface area is 192 Å². The highest BCUT2D eigenvalue weighted by atomic mass is 19.1. The number of anilines is 1. The van der Waals surface area contributed by atoms with E-state index in [9.17, 15) is 19.3 Å². The lowest BCUT2D eigenvalue weighted by Gasteiger charge is -2.39. The second-order valence-electron chi connectivity index (χ2n) is 8.65. The zero-order valence-corrected chi connectivity index (χ0v) is 18.6. The molecule has 0 unspecified atom stereocenters. The maximum Gasteiger partial charge on any atom is 0.410 e. The minimum atomic E-state index is -0.584. The van der Waals surface area contributed by atoms with Gasteiger partial charge in [0.2, 0.25) is 0 Å². The highest BCUT2D eigenvalue weighted by Crippen LogP contribution is 2.26. The van der Waals surface area contributed by atoms with Crippen molar-refractivity contribution in [1.29, 1.82) is 0 Å². The van der Waals surface area contributed by atoms with E-state index in [1.807, 2.05) is 35.2 Å². The van der Waals surface area contributed by atoms with E-state index in [2.05, 4.69) is 4.90 Å². The molecule has 1 amide bonds. The molecule has 0 spiro atoms. The Balaban J connectivity index is 1.18. The lowest BCUT2D eigenvalue weighted by Crippen LogP contribution is -2.49. The number of halogens is 1. The summed E-state index contributed by atoms with van der Waals surface area (Å²) in [5, 5.41) is 10.8. The minimum absolute atomic E-state index is 0.231. The number of hydrogen-bond donors (Lipinski definition) is 0. The van der Waals surface area contributed by atoms with Gasteiger partial charge in [0.15, 0.2) is 5.82 Å². The number of piperidine rings is 1. The summed E-state index contributed by atoms with van der Waals surface area (Å²) in [6, 6.07) is 13.5. The molecule has 2 aromatic carbocycles. The van der Waals surface area contributed by atoms with Gasteiger partial charge in [-0.25, -0.2) is 9.18 Å². The molecule has 2 saturated heterocycles. The predicted octanol–water partition coefficient (Wildman–Crippen LogP) is 3.90. The molecule has 2 aromatic rings. The largest absolute Gasteiger partial charge is 0.445 e. The van der Waals surface area contributed by atoms with Gasteiger partial charge in [-0.15, -0.1) is 0 Å². The molecule has 4 rings (SSSR count). The number of carbonyl (C=O) groups excluding carboxylic acids is 1. The topological polar surface area (TPSA) is 79.2 Å². The fourth-order valence-electron chi connectivity index (χ4n) is 4.51. The molecule has 0 atom stereocenters. The highest BCUT2D eigenvalue weighted by Gasteiger charge is 2.27. The quantitative estimate of drug-likeness (QED) is 0.485. The molecule has 33 heavy (non-hydrogen) atoms. The van der Waals surface area contributed by atoms with Gasteiger partial charge in [-0.3, -0.25) is 15.0 Å². The normalized spacial score (nSPS) is 17.7. The molecule has 2 fully saturated rings. The number of nitro groups is 1. The van der Waals surface area contributed by atoms with Gasteiger partial charge >= 0.3 is 6.09 Å². The van der Waals surface area contributed by atoms with Crippen LogP contribution in [0.25, 0.3) is 0 Å². The molecular weight excluding hydrogens is 427 g/mol. The van der Waals surface area contributed by atoms with Crippen LogP contribution in [0.3, 0.4) is 0 Å². The zero-order valence-electron chi connectivity index (χ0n) is 18.6. The first-order chi connectivity index (χ1) is 16.0. The monoisotopic (exact) mass is 456 g/mol. The van der Waals surface area contributed by atoms with Crippen molar-refractivity contribution in [2.45, 2.75) is 19.4 Å². The molecule has 176 valence electrons. The molecule has 0 aliphatic carbocycles. The van der Waals surface area contributed by atoms with Crippen molar-refractivity contribution in [1.82, 2.24) is 9.80 Å². The number of nitrogens with zero attached hydrogens (tertiary/aromatic N) is 4. The second kappa shape index (κ2) is 10.6. The number of rotatable bonds is 6. The third kappa shape index (κ3) is 5.98. The van der Waals surface area contributed by atoms with Crippen LogP contribution in [0.2, 0.25) is 0 Å². The van der Waals surface area contributed by atoms with Crippen LogP contribution in [-0.2, 0) is 11.3 Å². The molecule has 2 aliphatic heterocycles. The fraction of sp³-hybridized carbons (Fsp3) is 0.458. The molecule has 0 radical (unpaired) electrons. The van der Waals surface area contributed by atoms with Crippen LogP contribution in [-0.4, -0.2) is 66.6 Å². The number of piperazine rings is 1. The molecule has 0 saturated carbocycles. The maximum absolute atomic E-state index is 14.3. The molecule has 2 aliphatic rings. The molecule has 0 N–H and O–H groups in total. The number of ether oxygens (including phenoxy) is 1. The Morgan fingerprint density at radius 3 is 2.36 bits per heavy atom. The number of amides is 1. The molecule has 8 nitrogen and oxygen atoms in total. The van der Waals surface area contributed by atoms with Crippen molar-refractivity contribution in [3.63, 3.8) is 0 Å². The molecular formula is C24H29FN4O4. The molecule has 2 heterocycles. The van der Waals surface area contributed by atoms with E-state index >= 15 is 0 Å². The lowest BCUT2D eigenvalue weighted by molar-refractivity contribution is -0.385. The molecule has 0 bridgehead atoms. The van der Waals surface area contributed by atoms with E-state index in [0.717, 1.165) is 44.1 Å². The summed E-state index contributed by atoms with van der Waals surface area (Å²) in [6.07, 6.45) is 1.63. The summed E-state index contributed by atoms with van der Waals surface area (Å²) in [7, 11) is 0. The van der Waals surface area contributed by atoms with Crippen LogP contribution in [0.1, 0.15) is 18.4 Å². The Bertz CT molecular complexity index is 958. The maximum atomic E-state index is 14.3. The fourth-order valence-corrected chi connectivity index (χ4v) is 4.51. The SMILES string of the molecule is O=C(OCc1ccccc1)N1CCC(CN2CCN(c3ccc([N+](=O)[O-])cc3F)CC2)CC1. The van der Waals surface area contributed by atoms with Crippen LogP contribution >= 0.6 is 0 Å². The van der Waals surface area contributed by atoms with Gasteiger partial charge in [-0.2, -0.15) is 0 Å². The molecule has 0 aromatic heterocycles. The van der Waals surface area contributed by atoms with Crippen molar-refractivity contribution in [3.05, 3.63) is 70.0 Å². The number of benzene rings is 2. The van der Waals surface area contributed by atoms with Crippen LogP contribution in [0, 0.1) is 21.8 Å². The summed E-state index contributed by atoms with van der Waals surface area (Å²) < 4.78 is 19.8. The number of likely N-dealkylation sites (tertiary alicyclic amines) is 1. The Morgan fingerprint density at radius 1 is 1.03 bits per heavy atom. The van der Waals surface area contributed by atoms with Crippen LogP contribution in [0.5, 0.6) is 0 Å². The van der Waals surface area contributed by atoms with Crippen molar-refractivity contribution >= 4 is 17.5 Å². The average Bonchev–Trinajstić information content (AvgIpc) is 2.84. The second-order valence-corrected chi connectivity index (χ2v) is 8.65. The summed E-state index contributed by atoms with van der Waals surface area (Å²) in [4.78, 5) is 28.7. The Morgan fingerprint density at radius 2 is 1.73 bits per heavy atom. The van der Waals surface area contributed by atoms with Crippen molar-refractivity contribution in [3.8, 4) is 0 Å². The number of non-ortho nitro benzene ring substituents is 1. The van der Waals surface area contributed by atoms with Crippen LogP contribution in [0.15, 0.2) is 48.5 Å². The van der Waals surface area contributed by atoms with E-state index in [1.165, 1.54) is 12.1 Å². The molecule has 9 heteroatoms. The average molecular weight is 457 g/mol. The van der Waals surface area contributed by atoms with E-state index in [4.69, 9.17) is 4.74 Å². The third-order valence-electron chi connectivity index (χ3n) is 6.45. The van der Waals surface area contributed by atoms with Gasteiger partial charge in [0, 0.05) is 51.9 Å². The first-order valence-electron chi connectivity index (χ1n) is 11.4. The number of hydrogen-bond acceptors (Lipinski definition) is 6. The highest BCUT2D eigenvalue weighted by molar-refractivity contribution is 5.67. The van der Waals surface area contributed by atoms with Gasteiger partial charge in [0.05, 0.1) is 16.7 Å². The Kier molecular flexibility index (Phi) is 7.39. The smallest absolute Gasteiger partial charge is 0.410 e. The summed E-state index contributed by atoms with van der Waals surface area (Å²) in [5.41, 5.74) is 1.17. The van der Waals surface area contributed by atoms with Crippen LogP contribution < -0.4 is 4.90 Å². The van der Waals surface area contributed by atoms with Gasteiger partial charge in [-0.05, 0) is 30.4 Å². The predicted molar refractivity (Wildman–Crippen MR) is 123 cm³/mol. The van der Waals surface area contributed by atoms with Gasteiger partial charge in [0.1, 0.15) is 6.61 Å². The van der Waals surface area contributed by atoms with E-state index in [0.29, 0.717) is 44.4 Å². The lowest BCUT2D eigenvalue weighted by atomic mass is 9.96. The van der Waals surface area contributed by atoms with Crippen molar-refractivity contribution < 1.29 is 18.8 Å². The summed E-state index contributed by atoms with van der Waals surface area (Å²) >= 11 is 0.